The van der Waals surface area contributed by atoms with E-state index in [1.807, 2.05) is 6.92 Å². The highest BCUT2D eigenvalue weighted by atomic mass is 79.9. The molecule has 0 bridgehead atoms. The molecule has 18 heavy (non-hydrogen) atoms. The van der Waals surface area contributed by atoms with Crippen LogP contribution in [0.5, 0.6) is 5.75 Å². The Balaban J connectivity index is 3.32. The Morgan fingerprint density at radius 1 is 1.61 bits per heavy atom. The van der Waals surface area contributed by atoms with Gasteiger partial charge in [0, 0.05) is 19.7 Å². The van der Waals surface area contributed by atoms with Gasteiger partial charge in [-0.3, -0.25) is 0 Å². The Hall–Kier alpha value is -0.830. The van der Waals surface area contributed by atoms with E-state index >= 15 is 0 Å². The molecule has 0 saturated carbocycles. The summed E-state index contributed by atoms with van der Waals surface area (Å²) < 4.78 is 6.30. The summed E-state index contributed by atoms with van der Waals surface area (Å²) in [6.45, 7) is 1.94. The van der Waals surface area contributed by atoms with Crippen LogP contribution in [-0.2, 0) is 6.42 Å². The zero-order chi connectivity index (χ0) is 13.9. The first-order valence-corrected chi connectivity index (χ1v) is 6.80. The van der Waals surface area contributed by atoms with Crippen molar-refractivity contribution >= 4 is 44.9 Å². The van der Waals surface area contributed by atoms with Crippen LogP contribution in [0.25, 0.3) is 0 Å². The van der Waals surface area contributed by atoms with E-state index in [1.54, 1.807) is 25.1 Å². The highest BCUT2D eigenvalue weighted by Gasteiger charge is 2.17. The van der Waals surface area contributed by atoms with Crippen LogP contribution in [-0.4, -0.2) is 24.2 Å². The Bertz CT molecular complexity index is 526. The first-order chi connectivity index (χ1) is 8.42. The highest BCUT2D eigenvalue weighted by Crippen LogP contribution is 2.37. The SMILES string of the molecule is CCc1c(Cl)c(C#N)cc(Br)c1OC(=S)N(C)C. The molecule has 0 aliphatic heterocycles. The third-order valence-corrected chi connectivity index (χ3v) is 3.76. The Morgan fingerprint density at radius 3 is 2.67 bits per heavy atom. The third-order valence-electron chi connectivity index (χ3n) is 2.29. The summed E-state index contributed by atoms with van der Waals surface area (Å²) in [5, 5.41) is 9.75. The first-order valence-electron chi connectivity index (χ1n) is 5.22. The lowest BCUT2D eigenvalue weighted by molar-refractivity contribution is 0.444. The minimum Gasteiger partial charge on any atom is -0.430 e. The van der Waals surface area contributed by atoms with Gasteiger partial charge in [0.1, 0.15) is 11.8 Å². The number of hydrogen-bond acceptors (Lipinski definition) is 3. The molecule has 6 heteroatoms. The average Bonchev–Trinajstić information content (AvgIpc) is 2.33. The number of hydrogen-bond donors (Lipinski definition) is 0. The topological polar surface area (TPSA) is 36.3 Å². The van der Waals surface area contributed by atoms with Gasteiger partial charge in [-0.2, -0.15) is 5.26 Å². The van der Waals surface area contributed by atoms with Crippen molar-refractivity contribution in [2.45, 2.75) is 13.3 Å². The standard InChI is InChI=1S/C12H12BrClN2OS/c1-4-8-10(14)7(6-15)5-9(13)11(8)17-12(18)16(2)3/h5H,4H2,1-3H3. The molecule has 1 aromatic carbocycles. The third kappa shape index (κ3) is 3.14. The molecule has 0 unspecified atom stereocenters. The lowest BCUT2D eigenvalue weighted by Crippen LogP contribution is -2.25. The molecule has 0 aliphatic carbocycles. The Labute approximate surface area is 125 Å². The normalized spacial score (nSPS) is 9.78. The van der Waals surface area contributed by atoms with Crippen LogP contribution in [0.15, 0.2) is 10.5 Å². The van der Waals surface area contributed by atoms with Gasteiger partial charge in [-0.05, 0) is 40.6 Å². The number of thiocarbonyl (C=S) groups is 1. The molecule has 0 aromatic heterocycles. The minimum absolute atomic E-state index is 0.339. The lowest BCUT2D eigenvalue weighted by atomic mass is 10.1. The van der Waals surface area contributed by atoms with E-state index in [0.717, 1.165) is 5.56 Å². The van der Waals surface area contributed by atoms with E-state index in [1.165, 1.54) is 0 Å². The summed E-state index contributed by atoms with van der Waals surface area (Å²) in [6.07, 6.45) is 0.651. The van der Waals surface area contributed by atoms with Gasteiger partial charge >= 0.3 is 0 Å². The maximum atomic E-state index is 8.99. The van der Waals surface area contributed by atoms with Crippen LogP contribution in [0.4, 0.5) is 0 Å². The number of nitrogens with zero attached hydrogens (tertiary/aromatic N) is 2. The summed E-state index contributed by atoms with van der Waals surface area (Å²) in [7, 11) is 3.60. The van der Waals surface area contributed by atoms with Crippen LogP contribution in [0.2, 0.25) is 5.02 Å². The number of ether oxygens (including phenoxy) is 1. The molecule has 0 radical (unpaired) electrons. The monoisotopic (exact) mass is 346 g/mol. The average molecular weight is 348 g/mol. The van der Waals surface area contributed by atoms with Crippen LogP contribution < -0.4 is 4.74 Å². The molecule has 1 rings (SSSR count). The van der Waals surface area contributed by atoms with E-state index in [2.05, 4.69) is 22.0 Å². The van der Waals surface area contributed by atoms with Crippen molar-refractivity contribution in [2.24, 2.45) is 0 Å². The molecule has 0 amide bonds. The number of halogens is 2. The molecule has 0 fully saturated rings. The zero-order valence-electron chi connectivity index (χ0n) is 10.3. The fourth-order valence-corrected chi connectivity index (χ4v) is 2.30. The summed E-state index contributed by atoms with van der Waals surface area (Å²) in [5.41, 5.74) is 1.19. The van der Waals surface area contributed by atoms with Crippen LogP contribution >= 0.6 is 39.7 Å². The van der Waals surface area contributed by atoms with Gasteiger partial charge in [-0.15, -0.1) is 0 Å². The van der Waals surface area contributed by atoms with Gasteiger partial charge in [0.25, 0.3) is 5.17 Å². The molecule has 0 heterocycles. The van der Waals surface area contributed by atoms with Gasteiger partial charge in [-0.1, -0.05) is 18.5 Å². The molecule has 0 aliphatic rings. The van der Waals surface area contributed by atoms with Gasteiger partial charge in [0.2, 0.25) is 0 Å². The van der Waals surface area contributed by atoms with Crippen molar-refractivity contribution in [1.82, 2.24) is 4.90 Å². The number of benzene rings is 1. The maximum Gasteiger partial charge on any atom is 0.264 e. The first kappa shape index (κ1) is 15.2. The second kappa shape index (κ2) is 6.37. The number of rotatable bonds is 2. The van der Waals surface area contributed by atoms with E-state index in [9.17, 15) is 0 Å². The fourth-order valence-electron chi connectivity index (χ4n) is 1.35. The van der Waals surface area contributed by atoms with E-state index < -0.39 is 0 Å². The number of nitriles is 1. The van der Waals surface area contributed by atoms with Crippen molar-refractivity contribution in [3.05, 3.63) is 26.7 Å². The summed E-state index contributed by atoms with van der Waals surface area (Å²) in [5.74, 6) is 0.570. The van der Waals surface area contributed by atoms with Crippen LogP contribution in [0, 0.1) is 11.3 Å². The van der Waals surface area contributed by atoms with E-state index in [4.69, 9.17) is 33.8 Å². The van der Waals surface area contributed by atoms with Gasteiger partial charge in [-0.25, -0.2) is 0 Å². The predicted molar refractivity (Wildman–Crippen MR) is 80.2 cm³/mol. The van der Waals surface area contributed by atoms with Crippen molar-refractivity contribution in [3.63, 3.8) is 0 Å². The highest BCUT2D eigenvalue weighted by molar-refractivity contribution is 9.10. The van der Waals surface area contributed by atoms with Crippen molar-refractivity contribution in [2.75, 3.05) is 14.1 Å². The second-order valence-electron chi connectivity index (χ2n) is 3.76. The molecule has 1 aromatic rings. The second-order valence-corrected chi connectivity index (χ2v) is 5.34. The molecule has 96 valence electrons. The van der Waals surface area contributed by atoms with Crippen molar-refractivity contribution < 1.29 is 4.74 Å². The largest absolute Gasteiger partial charge is 0.430 e. The smallest absolute Gasteiger partial charge is 0.264 e. The summed E-state index contributed by atoms with van der Waals surface area (Å²) in [6, 6.07) is 3.69. The molecule has 0 N–H and O–H groups in total. The minimum atomic E-state index is 0.339. The van der Waals surface area contributed by atoms with Gasteiger partial charge < -0.3 is 9.64 Å². The predicted octanol–water partition coefficient (Wildman–Crippen LogP) is 3.76. The maximum absolute atomic E-state index is 8.99. The van der Waals surface area contributed by atoms with E-state index in [0.29, 0.717) is 32.4 Å². The molecular weight excluding hydrogens is 336 g/mol. The molecule has 0 spiro atoms. The van der Waals surface area contributed by atoms with Gasteiger partial charge in [0.15, 0.2) is 0 Å². The van der Waals surface area contributed by atoms with Crippen molar-refractivity contribution in [1.29, 1.82) is 5.26 Å². The summed E-state index contributed by atoms with van der Waals surface area (Å²) in [4.78, 5) is 1.69. The fraction of sp³-hybridized carbons (Fsp3) is 0.333. The quantitative estimate of drug-likeness (QED) is 0.763. The molecule has 3 nitrogen and oxygen atoms in total. The van der Waals surface area contributed by atoms with Crippen LogP contribution in [0.3, 0.4) is 0 Å². The Kier molecular flexibility index (Phi) is 5.39. The molecular formula is C12H12BrClN2OS. The lowest BCUT2D eigenvalue weighted by Gasteiger charge is -2.18. The van der Waals surface area contributed by atoms with Crippen molar-refractivity contribution in [3.8, 4) is 11.8 Å². The zero-order valence-corrected chi connectivity index (χ0v) is 13.4. The van der Waals surface area contributed by atoms with E-state index in [-0.39, 0.29) is 0 Å². The summed E-state index contributed by atoms with van der Waals surface area (Å²) >= 11 is 14.7. The molecule has 0 atom stereocenters. The molecule has 0 saturated heterocycles. The van der Waals surface area contributed by atoms with Crippen LogP contribution in [0.1, 0.15) is 18.1 Å². The van der Waals surface area contributed by atoms with Gasteiger partial charge in [0.05, 0.1) is 15.1 Å². The Morgan fingerprint density at radius 2 is 2.22 bits per heavy atom.